The standard InChI is InChI=1S/C20H22N4O2/c1-23-18-9-3-2-8-17(18)22-20(23)15-6-5-11-24(13-15)19(25)14-26-16-7-4-10-21-12-16/h2-4,7-10,12,15H,5-6,11,13-14H2,1H3. The summed E-state index contributed by atoms with van der Waals surface area (Å²) in [4.78, 5) is 23.3. The van der Waals surface area contributed by atoms with Gasteiger partial charge in [-0.05, 0) is 37.1 Å². The molecule has 1 fully saturated rings. The number of piperidine rings is 1. The number of benzene rings is 1. The van der Waals surface area contributed by atoms with E-state index in [0.717, 1.165) is 36.2 Å². The van der Waals surface area contributed by atoms with Gasteiger partial charge >= 0.3 is 0 Å². The van der Waals surface area contributed by atoms with Crippen LogP contribution < -0.4 is 4.74 Å². The van der Waals surface area contributed by atoms with E-state index in [-0.39, 0.29) is 18.4 Å². The highest BCUT2D eigenvalue weighted by Crippen LogP contribution is 2.28. The molecule has 0 saturated carbocycles. The summed E-state index contributed by atoms with van der Waals surface area (Å²) in [5, 5.41) is 0. The third-order valence-corrected chi connectivity index (χ3v) is 4.96. The number of hydrogen-bond donors (Lipinski definition) is 0. The Morgan fingerprint density at radius 2 is 2.15 bits per heavy atom. The number of carbonyl (C=O) groups is 1. The molecule has 0 N–H and O–H groups in total. The largest absolute Gasteiger partial charge is 0.482 e. The Morgan fingerprint density at radius 1 is 1.27 bits per heavy atom. The lowest BCUT2D eigenvalue weighted by Gasteiger charge is -2.32. The Hall–Kier alpha value is -2.89. The fraction of sp³-hybridized carbons (Fsp3) is 0.350. The topological polar surface area (TPSA) is 60.2 Å². The second kappa shape index (κ2) is 7.15. The van der Waals surface area contributed by atoms with E-state index in [1.807, 2.05) is 23.1 Å². The zero-order valence-electron chi connectivity index (χ0n) is 14.8. The lowest BCUT2D eigenvalue weighted by Crippen LogP contribution is -2.42. The van der Waals surface area contributed by atoms with Crippen LogP contribution in [0.4, 0.5) is 0 Å². The van der Waals surface area contributed by atoms with E-state index in [0.29, 0.717) is 12.3 Å². The van der Waals surface area contributed by atoms with Crippen LogP contribution in [0, 0.1) is 0 Å². The van der Waals surface area contributed by atoms with Gasteiger partial charge in [0.05, 0.1) is 17.2 Å². The third-order valence-electron chi connectivity index (χ3n) is 4.96. The molecule has 0 aliphatic carbocycles. The number of nitrogens with zero attached hydrogens (tertiary/aromatic N) is 4. The minimum atomic E-state index is 0.0114. The van der Waals surface area contributed by atoms with E-state index < -0.39 is 0 Å². The minimum Gasteiger partial charge on any atom is -0.482 e. The van der Waals surface area contributed by atoms with Crippen LogP contribution in [0.25, 0.3) is 11.0 Å². The first-order valence-electron chi connectivity index (χ1n) is 8.94. The van der Waals surface area contributed by atoms with E-state index in [1.54, 1.807) is 24.5 Å². The van der Waals surface area contributed by atoms with Gasteiger partial charge in [-0.2, -0.15) is 0 Å². The van der Waals surface area contributed by atoms with E-state index in [4.69, 9.17) is 9.72 Å². The minimum absolute atomic E-state index is 0.0114. The summed E-state index contributed by atoms with van der Waals surface area (Å²) < 4.78 is 7.71. The summed E-state index contributed by atoms with van der Waals surface area (Å²) in [5.74, 6) is 1.93. The van der Waals surface area contributed by atoms with Crippen molar-refractivity contribution in [2.24, 2.45) is 7.05 Å². The molecule has 26 heavy (non-hydrogen) atoms. The Morgan fingerprint density at radius 3 is 2.96 bits per heavy atom. The van der Waals surface area contributed by atoms with Gasteiger partial charge in [-0.15, -0.1) is 0 Å². The molecule has 0 spiro atoms. The number of aromatic nitrogens is 3. The summed E-state index contributed by atoms with van der Waals surface area (Å²) in [6.07, 6.45) is 5.32. The van der Waals surface area contributed by atoms with Crippen molar-refractivity contribution in [1.29, 1.82) is 0 Å². The molecule has 134 valence electrons. The number of carbonyl (C=O) groups excluding carboxylic acids is 1. The molecule has 3 aromatic rings. The maximum Gasteiger partial charge on any atom is 0.260 e. The van der Waals surface area contributed by atoms with Crippen LogP contribution in [0.2, 0.25) is 0 Å². The van der Waals surface area contributed by atoms with Crippen LogP contribution in [0.1, 0.15) is 24.6 Å². The van der Waals surface area contributed by atoms with Crippen molar-refractivity contribution in [3.05, 3.63) is 54.6 Å². The first-order valence-corrected chi connectivity index (χ1v) is 8.94. The molecular weight excluding hydrogens is 328 g/mol. The summed E-state index contributed by atoms with van der Waals surface area (Å²) in [5.41, 5.74) is 2.14. The van der Waals surface area contributed by atoms with Crippen molar-refractivity contribution in [2.45, 2.75) is 18.8 Å². The van der Waals surface area contributed by atoms with Crippen molar-refractivity contribution in [1.82, 2.24) is 19.4 Å². The number of fused-ring (bicyclic) bond motifs is 1. The first-order chi connectivity index (χ1) is 12.7. The van der Waals surface area contributed by atoms with Crippen LogP contribution in [-0.2, 0) is 11.8 Å². The van der Waals surface area contributed by atoms with Crippen LogP contribution in [0.5, 0.6) is 5.75 Å². The average molecular weight is 350 g/mol. The smallest absolute Gasteiger partial charge is 0.260 e. The molecule has 4 rings (SSSR count). The predicted molar refractivity (Wildman–Crippen MR) is 99.0 cm³/mol. The van der Waals surface area contributed by atoms with Gasteiger partial charge in [0.25, 0.3) is 5.91 Å². The third kappa shape index (κ3) is 3.27. The van der Waals surface area contributed by atoms with Crippen molar-refractivity contribution in [2.75, 3.05) is 19.7 Å². The number of aryl methyl sites for hydroxylation is 1. The highest BCUT2D eigenvalue weighted by molar-refractivity contribution is 5.78. The second-order valence-electron chi connectivity index (χ2n) is 6.67. The number of amides is 1. The Labute approximate surface area is 152 Å². The SMILES string of the molecule is Cn1c(C2CCCN(C(=O)COc3cccnc3)C2)nc2ccccc21. The molecule has 1 unspecified atom stereocenters. The summed E-state index contributed by atoms with van der Waals surface area (Å²) in [6, 6.07) is 11.7. The van der Waals surface area contributed by atoms with Crippen LogP contribution in [0.3, 0.4) is 0 Å². The molecular formula is C20H22N4O2. The highest BCUT2D eigenvalue weighted by Gasteiger charge is 2.28. The second-order valence-corrected chi connectivity index (χ2v) is 6.67. The highest BCUT2D eigenvalue weighted by atomic mass is 16.5. The van der Waals surface area contributed by atoms with E-state index in [9.17, 15) is 4.79 Å². The van der Waals surface area contributed by atoms with E-state index in [2.05, 4.69) is 22.7 Å². The first kappa shape index (κ1) is 16.6. The van der Waals surface area contributed by atoms with Crippen LogP contribution in [-0.4, -0.2) is 45.0 Å². The number of hydrogen-bond acceptors (Lipinski definition) is 4. The number of ether oxygens (including phenoxy) is 1. The summed E-state index contributed by atoms with van der Waals surface area (Å²) in [6.45, 7) is 1.50. The van der Waals surface area contributed by atoms with Crippen molar-refractivity contribution < 1.29 is 9.53 Å². The molecule has 1 amide bonds. The maximum atomic E-state index is 12.6. The van der Waals surface area contributed by atoms with Gasteiger partial charge in [-0.3, -0.25) is 9.78 Å². The summed E-state index contributed by atoms with van der Waals surface area (Å²) in [7, 11) is 2.05. The predicted octanol–water partition coefficient (Wildman–Crippen LogP) is 2.75. The van der Waals surface area contributed by atoms with Crippen molar-refractivity contribution in [3.8, 4) is 5.75 Å². The van der Waals surface area contributed by atoms with Crippen LogP contribution >= 0.6 is 0 Å². The van der Waals surface area contributed by atoms with Gasteiger partial charge < -0.3 is 14.2 Å². The molecule has 2 aromatic heterocycles. The van der Waals surface area contributed by atoms with E-state index in [1.165, 1.54) is 0 Å². The lowest BCUT2D eigenvalue weighted by atomic mass is 9.97. The number of rotatable bonds is 4. The normalized spacial score (nSPS) is 17.4. The molecule has 1 saturated heterocycles. The molecule has 0 bridgehead atoms. The fourth-order valence-corrected chi connectivity index (χ4v) is 3.61. The monoisotopic (exact) mass is 350 g/mol. The fourth-order valence-electron chi connectivity index (χ4n) is 3.61. The van der Waals surface area contributed by atoms with Crippen molar-refractivity contribution >= 4 is 16.9 Å². The quantitative estimate of drug-likeness (QED) is 0.726. The molecule has 1 aliphatic rings. The van der Waals surface area contributed by atoms with Gasteiger partial charge in [-0.25, -0.2) is 4.98 Å². The van der Waals surface area contributed by atoms with E-state index >= 15 is 0 Å². The molecule has 1 aliphatic heterocycles. The van der Waals surface area contributed by atoms with Gasteiger partial charge in [0.1, 0.15) is 11.6 Å². The Bertz CT molecular complexity index is 907. The number of likely N-dealkylation sites (tertiary alicyclic amines) is 1. The Balaban J connectivity index is 1.45. The van der Waals surface area contributed by atoms with Gasteiger partial charge in [-0.1, -0.05) is 12.1 Å². The molecule has 6 heteroatoms. The van der Waals surface area contributed by atoms with Gasteiger partial charge in [0.2, 0.25) is 0 Å². The molecule has 0 radical (unpaired) electrons. The summed E-state index contributed by atoms with van der Waals surface area (Å²) >= 11 is 0. The number of pyridine rings is 1. The zero-order chi connectivity index (χ0) is 17.9. The maximum absolute atomic E-state index is 12.6. The molecule has 1 atom stereocenters. The van der Waals surface area contributed by atoms with Gasteiger partial charge in [0, 0.05) is 32.3 Å². The lowest BCUT2D eigenvalue weighted by molar-refractivity contribution is -0.134. The number of imidazole rings is 1. The average Bonchev–Trinajstić information content (AvgIpc) is 3.04. The molecule has 3 heterocycles. The number of para-hydroxylation sites is 2. The van der Waals surface area contributed by atoms with Crippen LogP contribution in [0.15, 0.2) is 48.8 Å². The molecule has 6 nitrogen and oxygen atoms in total. The van der Waals surface area contributed by atoms with Gasteiger partial charge in [0.15, 0.2) is 6.61 Å². The zero-order valence-corrected chi connectivity index (χ0v) is 14.8. The van der Waals surface area contributed by atoms with Crippen molar-refractivity contribution in [3.63, 3.8) is 0 Å². The molecule has 1 aromatic carbocycles. The Kier molecular flexibility index (Phi) is 4.56.